The van der Waals surface area contributed by atoms with Crippen LogP contribution in [0.4, 0.5) is 10.1 Å². The smallest absolute Gasteiger partial charge is 0.141 e. The van der Waals surface area contributed by atoms with Crippen LogP contribution in [0, 0.1) is 17.1 Å². The highest BCUT2D eigenvalue weighted by molar-refractivity contribution is 5.58. The summed E-state index contributed by atoms with van der Waals surface area (Å²) in [5.41, 5.74) is 1.43. The van der Waals surface area contributed by atoms with E-state index in [9.17, 15) is 9.65 Å². The molecule has 0 fully saturated rings. The molecule has 0 aromatic heterocycles. The van der Waals surface area contributed by atoms with Gasteiger partial charge in [0.15, 0.2) is 0 Å². The van der Waals surface area contributed by atoms with Crippen molar-refractivity contribution in [1.82, 2.24) is 0 Å². The summed E-state index contributed by atoms with van der Waals surface area (Å²) < 4.78 is 18.1. The largest absolute Gasteiger partial charge is 0.495 e. The molecule has 0 aliphatic heterocycles. The Bertz CT molecular complexity index is 590. The molecule has 1 unspecified atom stereocenters. The van der Waals surface area contributed by atoms with E-state index < -0.39 is 6.04 Å². The van der Waals surface area contributed by atoms with Gasteiger partial charge in [-0.3, -0.25) is 0 Å². The number of rotatable bonds is 4. The molecule has 4 heteroatoms. The molecule has 0 amide bonds. The number of methoxy groups -OCH3 is 1. The molecule has 19 heavy (non-hydrogen) atoms. The fraction of sp³-hybridized carbons (Fsp3) is 0.133. The van der Waals surface area contributed by atoms with E-state index in [-0.39, 0.29) is 5.82 Å². The zero-order valence-corrected chi connectivity index (χ0v) is 10.4. The van der Waals surface area contributed by atoms with Crippen LogP contribution in [0.2, 0.25) is 0 Å². The topological polar surface area (TPSA) is 45.0 Å². The Morgan fingerprint density at radius 3 is 2.47 bits per heavy atom. The third kappa shape index (κ3) is 3.02. The zero-order valence-electron chi connectivity index (χ0n) is 10.4. The van der Waals surface area contributed by atoms with Gasteiger partial charge in [-0.2, -0.15) is 5.26 Å². The van der Waals surface area contributed by atoms with E-state index in [2.05, 4.69) is 11.4 Å². The van der Waals surface area contributed by atoms with Crippen LogP contribution >= 0.6 is 0 Å². The Labute approximate surface area is 111 Å². The first kappa shape index (κ1) is 12.9. The maximum absolute atomic E-state index is 12.9. The molecule has 2 aromatic carbocycles. The summed E-state index contributed by atoms with van der Waals surface area (Å²) in [7, 11) is 1.57. The van der Waals surface area contributed by atoms with Crippen LogP contribution in [0.25, 0.3) is 0 Å². The first-order valence-electron chi connectivity index (χ1n) is 5.79. The Morgan fingerprint density at radius 1 is 1.16 bits per heavy atom. The first-order valence-corrected chi connectivity index (χ1v) is 5.79. The molecule has 2 rings (SSSR count). The van der Waals surface area contributed by atoms with Crippen molar-refractivity contribution in [3.8, 4) is 11.8 Å². The molecule has 0 aliphatic carbocycles. The third-order valence-electron chi connectivity index (χ3n) is 2.74. The van der Waals surface area contributed by atoms with Crippen molar-refractivity contribution in [3.63, 3.8) is 0 Å². The summed E-state index contributed by atoms with van der Waals surface area (Å²) in [5, 5.41) is 12.3. The molecule has 0 aliphatic rings. The SMILES string of the molecule is COc1ccccc1NC(C#N)c1ccc(F)cc1. The average molecular weight is 256 g/mol. The summed E-state index contributed by atoms with van der Waals surface area (Å²) in [6.07, 6.45) is 0. The van der Waals surface area contributed by atoms with E-state index in [1.54, 1.807) is 25.3 Å². The van der Waals surface area contributed by atoms with Gasteiger partial charge in [-0.1, -0.05) is 24.3 Å². The number of halogens is 1. The summed E-state index contributed by atoms with van der Waals surface area (Å²) in [6.45, 7) is 0. The summed E-state index contributed by atoms with van der Waals surface area (Å²) >= 11 is 0. The number of para-hydroxylation sites is 2. The van der Waals surface area contributed by atoms with E-state index in [1.165, 1.54) is 12.1 Å². The number of hydrogen-bond donors (Lipinski definition) is 1. The van der Waals surface area contributed by atoms with Gasteiger partial charge in [0.25, 0.3) is 0 Å². The lowest BCUT2D eigenvalue weighted by molar-refractivity contribution is 0.416. The van der Waals surface area contributed by atoms with Crippen LogP contribution in [0.3, 0.4) is 0 Å². The van der Waals surface area contributed by atoms with Crippen molar-refractivity contribution in [1.29, 1.82) is 5.26 Å². The second-order valence-electron chi connectivity index (χ2n) is 3.96. The highest BCUT2D eigenvalue weighted by Crippen LogP contribution is 2.27. The van der Waals surface area contributed by atoms with Crippen molar-refractivity contribution in [2.24, 2.45) is 0 Å². The molecule has 1 N–H and O–H groups in total. The van der Waals surface area contributed by atoms with Crippen molar-refractivity contribution in [3.05, 3.63) is 59.9 Å². The van der Waals surface area contributed by atoms with Gasteiger partial charge < -0.3 is 10.1 Å². The molecule has 0 radical (unpaired) electrons. The van der Waals surface area contributed by atoms with E-state index in [4.69, 9.17) is 4.74 Å². The number of hydrogen-bond acceptors (Lipinski definition) is 3. The van der Waals surface area contributed by atoms with Gasteiger partial charge in [-0.05, 0) is 29.8 Å². The van der Waals surface area contributed by atoms with Gasteiger partial charge in [0.1, 0.15) is 17.6 Å². The first-order chi connectivity index (χ1) is 9.24. The Balaban J connectivity index is 2.24. The van der Waals surface area contributed by atoms with Gasteiger partial charge in [0.2, 0.25) is 0 Å². The lowest BCUT2D eigenvalue weighted by Gasteiger charge is -2.15. The van der Waals surface area contributed by atoms with Crippen molar-refractivity contribution >= 4 is 5.69 Å². The van der Waals surface area contributed by atoms with E-state index in [1.807, 2.05) is 18.2 Å². The van der Waals surface area contributed by atoms with Crippen LogP contribution in [0.1, 0.15) is 11.6 Å². The molecule has 0 saturated carbocycles. The fourth-order valence-corrected chi connectivity index (χ4v) is 1.76. The van der Waals surface area contributed by atoms with Gasteiger partial charge in [-0.25, -0.2) is 4.39 Å². The highest BCUT2D eigenvalue weighted by Gasteiger charge is 2.12. The summed E-state index contributed by atoms with van der Waals surface area (Å²) in [6, 6.07) is 14.8. The van der Waals surface area contributed by atoms with E-state index in [0.29, 0.717) is 11.3 Å². The van der Waals surface area contributed by atoms with Crippen LogP contribution in [0.5, 0.6) is 5.75 Å². The van der Waals surface area contributed by atoms with E-state index in [0.717, 1.165) is 5.69 Å². The molecular weight excluding hydrogens is 243 g/mol. The molecule has 1 atom stereocenters. The minimum atomic E-state index is -0.558. The predicted molar refractivity (Wildman–Crippen MR) is 71.4 cm³/mol. The zero-order chi connectivity index (χ0) is 13.7. The van der Waals surface area contributed by atoms with Crippen molar-refractivity contribution < 1.29 is 9.13 Å². The quantitative estimate of drug-likeness (QED) is 0.910. The van der Waals surface area contributed by atoms with Crippen molar-refractivity contribution in [2.75, 3.05) is 12.4 Å². The lowest BCUT2D eigenvalue weighted by Crippen LogP contribution is -2.09. The van der Waals surface area contributed by atoms with Gasteiger partial charge >= 0.3 is 0 Å². The number of nitrogens with one attached hydrogen (secondary N) is 1. The predicted octanol–water partition coefficient (Wildman–Crippen LogP) is 3.51. The lowest BCUT2D eigenvalue weighted by atomic mass is 10.1. The van der Waals surface area contributed by atoms with Crippen molar-refractivity contribution in [2.45, 2.75) is 6.04 Å². The van der Waals surface area contributed by atoms with Crippen LogP contribution in [-0.2, 0) is 0 Å². The van der Waals surface area contributed by atoms with Gasteiger partial charge in [-0.15, -0.1) is 0 Å². The molecular formula is C15H13FN2O. The average Bonchev–Trinajstić information content (AvgIpc) is 2.46. The number of nitriles is 1. The second kappa shape index (κ2) is 5.87. The second-order valence-corrected chi connectivity index (χ2v) is 3.96. The molecule has 0 heterocycles. The summed E-state index contributed by atoms with van der Waals surface area (Å²) in [4.78, 5) is 0. The normalized spacial score (nSPS) is 11.4. The Kier molecular flexibility index (Phi) is 3.99. The molecule has 3 nitrogen and oxygen atoms in total. The number of ether oxygens (including phenoxy) is 1. The minimum absolute atomic E-state index is 0.322. The fourth-order valence-electron chi connectivity index (χ4n) is 1.76. The molecule has 2 aromatic rings. The van der Waals surface area contributed by atoms with Crippen LogP contribution < -0.4 is 10.1 Å². The van der Waals surface area contributed by atoms with Crippen LogP contribution in [0.15, 0.2) is 48.5 Å². The maximum atomic E-state index is 12.9. The van der Waals surface area contributed by atoms with Gasteiger partial charge in [0.05, 0.1) is 18.9 Å². The molecule has 0 bridgehead atoms. The summed E-state index contributed by atoms with van der Waals surface area (Å²) in [5.74, 6) is 0.336. The van der Waals surface area contributed by atoms with Crippen LogP contribution in [-0.4, -0.2) is 7.11 Å². The van der Waals surface area contributed by atoms with E-state index >= 15 is 0 Å². The Hall–Kier alpha value is -2.54. The van der Waals surface area contributed by atoms with Gasteiger partial charge in [0, 0.05) is 0 Å². The molecule has 96 valence electrons. The highest BCUT2D eigenvalue weighted by atomic mass is 19.1. The number of nitrogens with zero attached hydrogens (tertiary/aromatic N) is 1. The monoisotopic (exact) mass is 256 g/mol. The molecule has 0 spiro atoms. The number of benzene rings is 2. The third-order valence-corrected chi connectivity index (χ3v) is 2.74. The standard InChI is InChI=1S/C15H13FN2O/c1-19-15-5-3-2-4-13(15)18-14(10-17)11-6-8-12(16)9-7-11/h2-9,14,18H,1H3. The minimum Gasteiger partial charge on any atom is -0.495 e. The maximum Gasteiger partial charge on any atom is 0.141 e. The molecule has 0 saturated heterocycles. The number of anilines is 1. The Morgan fingerprint density at radius 2 is 1.84 bits per heavy atom.